The molecule has 154 valence electrons. The van der Waals surface area contributed by atoms with E-state index in [1.165, 1.54) is 24.5 Å². The molecule has 0 radical (unpaired) electrons. The average Bonchev–Trinajstić information content (AvgIpc) is 3.20. The predicted octanol–water partition coefficient (Wildman–Crippen LogP) is 3.13. The van der Waals surface area contributed by atoms with Gasteiger partial charge in [-0.25, -0.2) is 4.98 Å². The Hall–Kier alpha value is -4.01. The minimum absolute atomic E-state index is 0.0914. The zero-order valence-corrected chi connectivity index (χ0v) is 15.9. The lowest BCUT2D eigenvalue weighted by Crippen LogP contribution is -2.23. The predicted molar refractivity (Wildman–Crippen MR) is 107 cm³/mol. The second-order valence-corrected chi connectivity index (χ2v) is 6.58. The van der Waals surface area contributed by atoms with E-state index in [0.717, 1.165) is 5.56 Å². The Kier molecular flexibility index (Phi) is 6.53. The number of carbonyl (C=O) groups is 2. The van der Waals surface area contributed by atoms with Crippen molar-refractivity contribution in [3.63, 3.8) is 0 Å². The standard InChI is InChI=1S/C21H19N3O6/c25-19(9-6-14-4-2-1-3-5-14)22-12-17-13-30-21(23-17)16-8-7-15(11-20(26)27)18(10-16)24(28)29/h1-5,7-8,10,13H,6,9,11-12H2,(H,22,25)(H,26,27). The first-order chi connectivity index (χ1) is 14.4. The Morgan fingerprint density at radius 1 is 1.17 bits per heavy atom. The van der Waals surface area contributed by atoms with Crippen molar-refractivity contribution in [3.8, 4) is 11.5 Å². The Labute approximate surface area is 171 Å². The van der Waals surface area contributed by atoms with Gasteiger partial charge in [0.1, 0.15) is 6.26 Å². The van der Waals surface area contributed by atoms with E-state index in [-0.39, 0.29) is 29.6 Å². The largest absolute Gasteiger partial charge is 0.481 e. The second kappa shape index (κ2) is 9.46. The van der Waals surface area contributed by atoms with Gasteiger partial charge < -0.3 is 14.8 Å². The molecule has 0 bridgehead atoms. The summed E-state index contributed by atoms with van der Waals surface area (Å²) in [5.74, 6) is -1.14. The number of nitrogens with zero attached hydrogens (tertiary/aromatic N) is 2. The molecule has 2 N–H and O–H groups in total. The van der Waals surface area contributed by atoms with E-state index in [2.05, 4.69) is 10.3 Å². The van der Waals surface area contributed by atoms with Gasteiger partial charge in [-0.05, 0) is 18.1 Å². The van der Waals surface area contributed by atoms with E-state index < -0.39 is 17.3 Å². The zero-order chi connectivity index (χ0) is 21.5. The van der Waals surface area contributed by atoms with Crippen LogP contribution in [0.2, 0.25) is 0 Å². The minimum Gasteiger partial charge on any atom is -0.481 e. The van der Waals surface area contributed by atoms with E-state index in [4.69, 9.17) is 9.52 Å². The summed E-state index contributed by atoms with van der Waals surface area (Å²) in [6.07, 6.45) is 1.88. The number of aryl methyl sites for hydroxylation is 1. The minimum atomic E-state index is -1.16. The van der Waals surface area contributed by atoms with Gasteiger partial charge in [0.05, 0.1) is 23.6 Å². The Bertz CT molecular complexity index is 1060. The molecular weight excluding hydrogens is 390 g/mol. The molecule has 9 nitrogen and oxygen atoms in total. The van der Waals surface area contributed by atoms with Crippen molar-refractivity contribution in [1.82, 2.24) is 10.3 Å². The molecule has 9 heteroatoms. The molecule has 1 heterocycles. The highest BCUT2D eigenvalue weighted by Gasteiger charge is 2.19. The van der Waals surface area contributed by atoms with E-state index >= 15 is 0 Å². The Morgan fingerprint density at radius 3 is 2.63 bits per heavy atom. The number of carboxylic acid groups (broad SMARTS) is 1. The normalized spacial score (nSPS) is 10.5. The summed E-state index contributed by atoms with van der Waals surface area (Å²) in [4.78, 5) is 37.7. The van der Waals surface area contributed by atoms with Gasteiger partial charge in [-0.15, -0.1) is 0 Å². The summed E-state index contributed by atoms with van der Waals surface area (Å²) in [6.45, 7) is 0.163. The highest BCUT2D eigenvalue weighted by Crippen LogP contribution is 2.27. The molecule has 2 aromatic carbocycles. The van der Waals surface area contributed by atoms with Gasteiger partial charge in [-0.1, -0.05) is 36.4 Å². The average molecular weight is 409 g/mol. The third-order valence-corrected chi connectivity index (χ3v) is 4.37. The molecule has 3 aromatic rings. The van der Waals surface area contributed by atoms with Crippen molar-refractivity contribution in [2.45, 2.75) is 25.8 Å². The highest BCUT2D eigenvalue weighted by atomic mass is 16.6. The lowest BCUT2D eigenvalue weighted by Gasteiger charge is -2.03. The molecular formula is C21H19N3O6. The van der Waals surface area contributed by atoms with Crippen molar-refractivity contribution in [3.05, 3.63) is 81.7 Å². The number of oxazole rings is 1. The van der Waals surface area contributed by atoms with E-state index in [9.17, 15) is 19.7 Å². The molecule has 1 amide bonds. The third-order valence-electron chi connectivity index (χ3n) is 4.37. The van der Waals surface area contributed by atoms with Gasteiger partial charge >= 0.3 is 5.97 Å². The van der Waals surface area contributed by atoms with Gasteiger partial charge in [0, 0.05) is 23.6 Å². The van der Waals surface area contributed by atoms with Crippen molar-refractivity contribution >= 4 is 17.6 Å². The molecule has 0 fully saturated rings. The second-order valence-electron chi connectivity index (χ2n) is 6.58. The molecule has 0 saturated carbocycles. The fraction of sp³-hybridized carbons (Fsp3) is 0.190. The Balaban J connectivity index is 1.61. The van der Waals surface area contributed by atoms with Gasteiger partial charge in [0.25, 0.3) is 5.69 Å². The first kappa shape index (κ1) is 20.7. The summed E-state index contributed by atoms with van der Waals surface area (Å²) in [5.41, 5.74) is 1.66. The number of amides is 1. The number of rotatable bonds is 9. The van der Waals surface area contributed by atoms with E-state index in [1.807, 2.05) is 30.3 Å². The quantitative estimate of drug-likeness (QED) is 0.409. The first-order valence-corrected chi connectivity index (χ1v) is 9.17. The summed E-state index contributed by atoms with van der Waals surface area (Å²) in [6, 6.07) is 13.8. The maximum atomic E-state index is 12.0. The summed E-state index contributed by atoms with van der Waals surface area (Å²) in [7, 11) is 0. The van der Waals surface area contributed by atoms with E-state index in [0.29, 0.717) is 24.1 Å². The van der Waals surface area contributed by atoms with Gasteiger partial charge in [0.2, 0.25) is 11.8 Å². The topological polar surface area (TPSA) is 136 Å². The molecule has 0 atom stereocenters. The van der Waals surface area contributed by atoms with Crippen LogP contribution >= 0.6 is 0 Å². The fourth-order valence-corrected chi connectivity index (χ4v) is 2.88. The number of nitro groups is 1. The smallest absolute Gasteiger partial charge is 0.308 e. The van der Waals surface area contributed by atoms with Crippen LogP contribution in [0.25, 0.3) is 11.5 Å². The highest BCUT2D eigenvalue weighted by molar-refractivity contribution is 5.76. The van der Waals surface area contributed by atoms with Gasteiger partial charge in [-0.2, -0.15) is 0 Å². The van der Waals surface area contributed by atoms with Crippen LogP contribution < -0.4 is 5.32 Å². The van der Waals surface area contributed by atoms with Crippen molar-refractivity contribution < 1.29 is 24.0 Å². The zero-order valence-electron chi connectivity index (χ0n) is 15.9. The van der Waals surface area contributed by atoms with Crippen LogP contribution in [-0.2, 0) is 29.0 Å². The number of carbonyl (C=O) groups excluding carboxylic acids is 1. The van der Waals surface area contributed by atoms with Crippen molar-refractivity contribution in [2.24, 2.45) is 0 Å². The molecule has 0 aliphatic heterocycles. The molecule has 0 aliphatic carbocycles. The monoisotopic (exact) mass is 409 g/mol. The third kappa shape index (κ3) is 5.51. The molecule has 0 aliphatic rings. The van der Waals surface area contributed by atoms with Crippen LogP contribution in [-0.4, -0.2) is 26.9 Å². The summed E-state index contributed by atoms with van der Waals surface area (Å²) < 4.78 is 5.37. The number of hydrogen-bond donors (Lipinski definition) is 2. The summed E-state index contributed by atoms with van der Waals surface area (Å²) in [5, 5.41) is 22.9. The molecule has 0 unspecified atom stereocenters. The fourth-order valence-electron chi connectivity index (χ4n) is 2.88. The maximum Gasteiger partial charge on any atom is 0.308 e. The molecule has 0 saturated heterocycles. The van der Waals surface area contributed by atoms with Crippen molar-refractivity contribution in [2.75, 3.05) is 0 Å². The lowest BCUT2D eigenvalue weighted by molar-refractivity contribution is -0.385. The molecule has 30 heavy (non-hydrogen) atoms. The molecule has 3 rings (SSSR count). The SMILES string of the molecule is O=C(O)Cc1ccc(-c2nc(CNC(=O)CCc3ccccc3)co2)cc1[N+](=O)[O-]. The number of carboxylic acids is 1. The van der Waals surface area contributed by atoms with Crippen LogP contribution in [0, 0.1) is 10.1 Å². The van der Waals surface area contributed by atoms with Gasteiger partial charge in [0.15, 0.2) is 0 Å². The first-order valence-electron chi connectivity index (χ1n) is 9.17. The van der Waals surface area contributed by atoms with E-state index in [1.54, 1.807) is 0 Å². The van der Waals surface area contributed by atoms with Gasteiger partial charge in [-0.3, -0.25) is 19.7 Å². The van der Waals surface area contributed by atoms with Crippen LogP contribution in [0.1, 0.15) is 23.2 Å². The number of nitro benzene ring substituents is 1. The number of aliphatic carboxylic acids is 1. The number of aromatic nitrogens is 1. The van der Waals surface area contributed by atoms with Crippen LogP contribution in [0.15, 0.2) is 59.2 Å². The number of hydrogen-bond acceptors (Lipinski definition) is 6. The van der Waals surface area contributed by atoms with Crippen LogP contribution in [0.4, 0.5) is 5.69 Å². The number of nitrogens with one attached hydrogen (secondary N) is 1. The Morgan fingerprint density at radius 2 is 1.93 bits per heavy atom. The molecule has 0 spiro atoms. The lowest BCUT2D eigenvalue weighted by atomic mass is 10.1. The summed E-state index contributed by atoms with van der Waals surface area (Å²) >= 11 is 0. The van der Waals surface area contributed by atoms with Crippen LogP contribution in [0.3, 0.4) is 0 Å². The van der Waals surface area contributed by atoms with Crippen molar-refractivity contribution in [1.29, 1.82) is 0 Å². The van der Waals surface area contributed by atoms with Crippen LogP contribution in [0.5, 0.6) is 0 Å². The number of benzene rings is 2. The molecule has 1 aromatic heterocycles. The maximum absolute atomic E-state index is 12.0.